The molecular weight excluding hydrogens is 232 g/mol. The van der Waals surface area contributed by atoms with Gasteiger partial charge < -0.3 is 10.5 Å². The van der Waals surface area contributed by atoms with Crippen LogP contribution >= 0.6 is 12.2 Å². The van der Waals surface area contributed by atoms with Gasteiger partial charge in [-0.15, -0.1) is 0 Å². The highest BCUT2D eigenvalue weighted by molar-refractivity contribution is 7.80. The number of methoxy groups -OCH3 is 1. The average molecular weight is 252 g/mol. The lowest BCUT2D eigenvalue weighted by Gasteiger charge is -2.22. The molecule has 0 radical (unpaired) electrons. The van der Waals surface area contributed by atoms with Gasteiger partial charge in [0.2, 0.25) is 0 Å². The summed E-state index contributed by atoms with van der Waals surface area (Å²) in [5, 5.41) is 0. The van der Waals surface area contributed by atoms with Crippen LogP contribution in [0.5, 0.6) is 5.75 Å². The Morgan fingerprint density at radius 1 is 1.47 bits per heavy atom. The molecule has 1 aromatic rings. The van der Waals surface area contributed by atoms with Crippen molar-refractivity contribution in [1.29, 1.82) is 0 Å². The molecule has 0 unspecified atom stereocenters. The smallest absolute Gasteiger partial charge is 0.123 e. The SMILES string of the molecule is COc1ccc(C(N)=S)cc1CN(C)C(C)C. The maximum atomic E-state index is 5.64. The highest BCUT2D eigenvalue weighted by Gasteiger charge is 2.10. The van der Waals surface area contributed by atoms with Gasteiger partial charge in [-0.3, -0.25) is 4.90 Å². The topological polar surface area (TPSA) is 38.5 Å². The average Bonchev–Trinajstić information content (AvgIpc) is 2.28. The van der Waals surface area contributed by atoms with Crippen LogP contribution in [0.4, 0.5) is 0 Å². The van der Waals surface area contributed by atoms with E-state index in [1.807, 2.05) is 18.2 Å². The van der Waals surface area contributed by atoms with E-state index in [0.29, 0.717) is 11.0 Å². The third-order valence-corrected chi connectivity index (χ3v) is 3.10. The number of ether oxygens (including phenoxy) is 1. The number of benzene rings is 1. The normalized spacial score (nSPS) is 10.9. The molecule has 0 aliphatic rings. The van der Waals surface area contributed by atoms with Gasteiger partial charge in [0, 0.05) is 23.7 Å². The Hall–Kier alpha value is -1.13. The van der Waals surface area contributed by atoms with Gasteiger partial charge in [0.05, 0.1) is 7.11 Å². The number of rotatable bonds is 5. The van der Waals surface area contributed by atoms with Crippen molar-refractivity contribution in [2.45, 2.75) is 26.4 Å². The van der Waals surface area contributed by atoms with E-state index >= 15 is 0 Å². The van der Waals surface area contributed by atoms with E-state index in [2.05, 4.69) is 25.8 Å². The molecule has 0 spiro atoms. The fourth-order valence-corrected chi connectivity index (χ4v) is 1.63. The summed E-state index contributed by atoms with van der Waals surface area (Å²) in [6, 6.07) is 6.28. The summed E-state index contributed by atoms with van der Waals surface area (Å²) in [6.07, 6.45) is 0. The van der Waals surface area contributed by atoms with Crippen molar-refractivity contribution in [2.75, 3.05) is 14.2 Å². The molecule has 3 nitrogen and oxygen atoms in total. The van der Waals surface area contributed by atoms with Crippen LogP contribution in [0.2, 0.25) is 0 Å². The molecule has 1 rings (SSSR count). The van der Waals surface area contributed by atoms with Crippen LogP contribution in [0.15, 0.2) is 18.2 Å². The van der Waals surface area contributed by atoms with Gasteiger partial charge in [0.25, 0.3) is 0 Å². The molecule has 0 heterocycles. The third-order valence-electron chi connectivity index (χ3n) is 2.87. The second kappa shape index (κ2) is 5.98. The van der Waals surface area contributed by atoms with Crippen LogP contribution in [0, 0.1) is 0 Å². The minimum atomic E-state index is 0.418. The number of hydrogen-bond acceptors (Lipinski definition) is 3. The number of thiocarbonyl (C=S) groups is 1. The molecule has 0 saturated carbocycles. The molecule has 0 amide bonds. The molecule has 0 fully saturated rings. The van der Waals surface area contributed by atoms with Gasteiger partial charge in [-0.25, -0.2) is 0 Å². The Morgan fingerprint density at radius 3 is 2.59 bits per heavy atom. The summed E-state index contributed by atoms with van der Waals surface area (Å²) in [5.74, 6) is 0.873. The Labute approximate surface area is 109 Å². The van der Waals surface area contributed by atoms with Crippen molar-refractivity contribution >= 4 is 17.2 Å². The van der Waals surface area contributed by atoms with Crippen LogP contribution in [0.1, 0.15) is 25.0 Å². The third kappa shape index (κ3) is 3.68. The Bertz CT molecular complexity index is 404. The highest BCUT2D eigenvalue weighted by atomic mass is 32.1. The Kier molecular flexibility index (Phi) is 4.90. The van der Waals surface area contributed by atoms with Crippen LogP contribution in [-0.4, -0.2) is 30.1 Å². The monoisotopic (exact) mass is 252 g/mol. The van der Waals surface area contributed by atoms with Gasteiger partial charge in [0.1, 0.15) is 10.7 Å². The maximum Gasteiger partial charge on any atom is 0.123 e. The molecule has 2 N–H and O–H groups in total. The summed E-state index contributed by atoms with van der Waals surface area (Å²) in [6.45, 7) is 5.13. The standard InChI is InChI=1S/C13H20N2OS/c1-9(2)15(3)8-11-7-10(13(14)17)5-6-12(11)16-4/h5-7,9H,8H2,1-4H3,(H2,14,17). The highest BCUT2D eigenvalue weighted by Crippen LogP contribution is 2.21. The molecular formula is C13H20N2OS. The molecule has 1 aromatic carbocycles. The summed E-state index contributed by atoms with van der Waals surface area (Å²) < 4.78 is 5.35. The van der Waals surface area contributed by atoms with Crippen molar-refractivity contribution in [3.63, 3.8) is 0 Å². The lowest BCUT2D eigenvalue weighted by atomic mass is 10.1. The van der Waals surface area contributed by atoms with Crippen molar-refractivity contribution in [3.8, 4) is 5.75 Å². The number of hydrogen-bond donors (Lipinski definition) is 1. The molecule has 0 saturated heterocycles. The van der Waals surface area contributed by atoms with Gasteiger partial charge in [-0.2, -0.15) is 0 Å². The van der Waals surface area contributed by atoms with Crippen molar-refractivity contribution in [1.82, 2.24) is 4.90 Å². The minimum absolute atomic E-state index is 0.418. The zero-order chi connectivity index (χ0) is 13.0. The molecule has 0 aromatic heterocycles. The van der Waals surface area contributed by atoms with Crippen molar-refractivity contribution in [2.24, 2.45) is 5.73 Å². The predicted octanol–water partition coefficient (Wildman–Crippen LogP) is 2.17. The number of nitrogens with zero attached hydrogens (tertiary/aromatic N) is 1. The summed E-state index contributed by atoms with van der Waals surface area (Å²) in [7, 11) is 3.76. The second-order valence-corrected chi connectivity index (χ2v) is 4.84. The first-order chi connectivity index (χ1) is 7.95. The van der Waals surface area contributed by atoms with E-state index in [1.165, 1.54) is 0 Å². The lowest BCUT2D eigenvalue weighted by Crippen LogP contribution is -2.26. The molecule has 0 bridgehead atoms. The van der Waals surface area contributed by atoms with Gasteiger partial charge in [-0.05, 0) is 39.1 Å². The number of nitrogens with two attached hydrogens (primary N) is 1. The van der Waals surface area contributed by atoms with E-state index < -0.39 is 0 Å². The summed E-state index contributed by atoms with van der Waals surface area (Å²) in [4.78, 5) is 2.65. The van der Waals surface area contributed by atoms with Gasteiger partial charge in [-0.1, -0.05) is 12.2 Å². The molecule has 0 aliphatic carbocycles. The zero-order valence-electron chi connectivity index (χ0n) is 10.9. The first-order valence-electron chi connectivity index (χ1n) is 5.62. The van der Waals surface area contributed by atoms with Crippen LogP contribution < -0.4 is 10.5 Å². The zero-order valence-corrected chi connectivity index (χ0v) is 11.7. The van der Waals surface area contributed by atoms with E-state index in [9.17, 15) is 0 Å². The summed E-state index contributed by atoms with van der Waals surface area (Å²) >= 11 is 4.99. The molecule has 94 valence electrons. The van der Waals surface area contributed by atoms with E-state index in [-0.39, 0.29) is 0 Å². The first-order valence-corrected chi connectivity index (χ1v) is 6.03. The van der Waals surface area contributed by atoms with Crippen LogP contribution in [-0.2, 0) is 6.54 Å². The van der Waals surface area contributed by atoms with Crippen LogP contribution in [0.3, 0.4) is 0 Å². The molecule has 0 atom stereocenters. The minimum Gasteiger partial charge on any atom is -0.496 e. The van der Waals surface area contributed by atoms with Crippen LogP contribution in [0.25, 0.3) is 0 Å². The molecule has 0 aliphatic heterocycles. The molecule has 17 heavy (non-hydrogen) atoms. The Balaban J connectivity index is 3.02. The lowest BCUT2D eigenvalue weighted by molar-refractivity contribution is 0.261. The Morgan fingerprint density at radius 2 is 2.12 bits per heavy atom. The van der Waals surface area contributed by atoms with E-state index in [4.69, 9.17) is 22.7 Å². The predicted molar refractivity (Wildman–Crippen MR) is 75.5 cm³/mol. The van der Waals surface area contributed by atoms with Crippen molar-refractivity contribution in [3.05, 3.63) is 29.3 Å². The second-order valence-electron chi connectivity index (χ2n) is 4.40. The van der Waals surface area contributed by atoms with Gasteiger partial charge >= 0.3 is 0 Å². The first kappa shape index (κ1) is 13.9. The fraction of sp³-hybridized carbons (Fsp3) is 0.462. The fourth-order valence-electron chi connectivity index (χ4n) is 1.51. The van der Waals surface area contributed by atoms with Crippen molar-refractivity contribution < 1.29 is 4.74 Å². The molecule has 4 heteroatoms. The quantitative estimate of drug-likeness (QED) is 0.815. The van der Waals surface area contributed by atoms with E-state index in [1.54, 1.807) is 7.11 Å². The summed E-state index contributed by atoms with van der Waals surface area (Å²) in [5.41, 5.74) is 7.63. The maximum absolute atomic E-state index is 5.64. The largest absolute Gasteiger partial charge is 0.496 e. The van der Waals surface area contributed by atoms with Gasteiger partial charge in [0.15, 0.2) is 0 Å². The van der Waals surface area contributed by atoms with E-state index in [0.717, 1.165) is 23.4 Å².